The van der Waals surface area contributed by atoms with Crippen LogP contribution < -0.4 is 10.6 Å². The molecular weight excluding hydrogens is 274 g/mol. The molecule has 21 heavy (non-hydrogen) atoms. The first kappa shape index (κ1) is 16.0. The Balaban J connectivity index is 1.65. The van der Waals surface area contributed by atoms with Crippen LogP contribution in [0.5, 0.6) is 0 Å². The van der Waals surface area contributed by atoms with Gasteiger partial charge in [-0.05, 0) is 46.2 Å². The van der Waals surface area contributed by atoms with Crippen LogP contribution in [0.2, 0.25) is 0 Å². The minimum Gasteiger partial charge on any atom is -0.479 e. The normalized spacial score (nSPS) is 27.2. The van der Waals surface area contributed by atoms with Gasteiger partial charge in [-0.25, -0.2) is 9.59 Å². The molecule has 0 spiro atoms. The Morgan fingerprint density at radius 2 is 2.00 bits per heavy atom. The fraction of sp³-hybridized carbons (Fsp3) is 0.857. The molecule has 0 radical (unpaired) electrons. The zero-order valence-corrected chi connectivity index (χ0v) is 12.7. The number of hydrogen-bond donors (Lipinski definition) is 3. The van der Waals surface area contributed by atoms with Crippen LogP contribution >= 0.6 is 0 Å². The molecule has 7 heteroatoms. The van der Waals surface area contributed by atoms with E-state index in [0.29, 0.717) is 25.9 Å². The number of nitrogens with one attached hydrogen (secondary N) is 2. The molecular formula is C14H25N3O4. The van der Waals surface area contributed by atoms with Gasteiger partial charge in [0.05, 0.1) is 6.10 Å². The van der Waals surface area contributed by atoms with Gasteiger partial charge in [0, 0.05) is 18.6 Å². The van der Waals surface area contributed by atoms with E-state index in [1.165, 1.54) is 6.42 Å². The number of amides is 2. The van der Waals surface area contributed by atoms with E-state index in [-0.39, 0.29) is 17.7 Å². The van der Waals surface area contributed by atoms with Crippen LogP contribution in [0.1, 0.15) is 32.1 Å². The van der Waals surface area contributed by atoms with Gasteiger partial charge in [0.1, 0.15) is 0 Å². The summed E-state index contributed by atoms with van der Waals surface area (Å²) in [6, 6.07) is -0.217. The number of carbonyl (C=O) groups is 2. The molecule has 0 aromatic heterocycles. The molecule has 2 unspecified atom stereocenters. The summed E-state index contributed by atoms with van der Waals surface area (Å²) in [6.45, 7) is 0.986. The Morgan fingerprint density at radius 3 is 2.48 bits per heavy atom. The first-order chi connectivity index (χ1) is 9.93. The summed E-state index contributed by atoms with van der Waals surface area (Å²) in [5.74, 6) is -0.931. The molecule has 1 aliphatic carbocycles. The smallest absolute Gasteiger partial charge is 0.332 e. The summed E-state index contributed by atoms with van der Waals surface area (Å²) in [6.07, 6.45) is 3.65. The number of urea groups is 1. The first-order valence-corrected chi connectivity index (χ1v) is 7.50. The predicted molar refractivity (Wildman–Crippen MR) is 77.2 cm³/mol. The van der Waals surface area contributed by atoms with Crippen LogP contribution in [0.15, 0.2) is 0 Å². The van der Waals surface area contributed by atoms with Gasteiger partial charge in [0.15, 0.2) is 6.10 Å². The van der Waals surface area contributed by atoms with Gasteiger partial charge in [-0.15, -0.1) is 0 Å². The van der Waals surface area contributed by atoms with Crippen molar-refractivity contribution in [2.45, 2.75) is 49.9 Å². The van der Waals surface area contributed by atoms with Crippen molar-refractivity contribution in [1.29, 1.82) is 0 Å². The molecule has 1 saturated carbocycles. The lowest BCUT2D eigenvalue weighted by Gasteiger charge is -2.47. The van der Waals surface area contributed by atoms with E-state index in [9.17, 15) is 9.59 Å². The Bertz CT molecular complexity index is 396. The maximum atomic E-state index is 11.8. The van der Waals surface area contributed by atoms with Crippen LogP contribution in [-0.4, -0.2) is 66.9 Å². The SMILES string of the molecule is CN(C)C1(CNC(=O)NCC2CCC(C(=O)O)O2)CCC1. The van der Waals surface area contributed by atoms with Crippen molar-refractivity contribution in [1.82, 2.24) is 15.5 Å². The van der Waals surface area contributed by atoms with E-state index in [2.05, 4.69) is 15.5 Å². The zero-order valence-electron chi connectivity index (χ0n) is 12.7. The third-order valence-corrected chi connectivity index (χ3v) is 4.68. The maximum absolute atomic E-state index is 11.8. The second-order valence-electron chi connectivity index (χ2n) is 6.20. The molecule has 0 bridgehead atoms. The van der Waals surface area contributed by atoms with Gasteiger partial charge < -0.3 is 25.4 Å². The molecule has 2 fully saturated rings. The molecule has 0 aromatic rings. The lowest BCUT2D eigenvalue weighted by atomic mass is 9.75. The number of nitrogens with zero attached hydrogens (tertiary/aromatic N) is 1. The van der Waals surface area contributed by atoms with E-state index < -0.39 is 12.1 Å². The van der Waals surface area contributed by atoms with Crippen LogP contribution in [0, 0.1) is 0 Å². The average Bonchev–Trinajstić information content (AvgIpc) is 2.83. The molecule has 2 aliphatic rings. The maximum Gasteiger partial charge on any atom is 0.332 e. The molecule has 2 atom stereocenters. The van der Waals surface area contributed by atoms with E-state index in [1.54, 1.807) is 0 Å². The summed E-state index contributed by atoms with van der Waals surface area (Å²) in [5, 5.41) is 14.5. The third-order valence-electron chi connectivity index (χ3n) is 4.68. The zero-order chi connectivity index (χ0) is 15.5. The third kappa shape index (κ3) is 3.85. The van der Waals surface area contributed by atoms with E-state index >= 15 is 0 Å². The topological polar surface area (TPSA) is 90.9 Å². The number of ether oxygens (including phenoxy) is 1. The number of aliphatic carboxylic acids is 1. The average molecular weight is 299 g/mol. The van der Waals surface area contributed by atoms with Gasteiger partial charge in [0.25, 0.3) is 0 Å². The van der Waals surface area contributed by atoms with Gasteiger partial charge >= 0.3 is 12.0 Å². The summed E-state index contributed by atoms with van der Waals surface area (Å²) >= 11 is 0. The molecule has 120 valence electrons. The highest BCUT2D eigenvalue weighted by Gasteiger charge is 2.39. The Labute approximate surface area is 125 Å². The van der Waals surface area contributed by atoms with Crippen molar-refractivity contribution >= 4 is 12.0 Å². The molecule has 3 N–H and O–H groups in total. The van der Waals surface area contributed by atoms with Crippen LogP contribution in [-0.2, 0) is 9.53 Å². The lowest BCUT2D eigenvalue weighted by Crippen LogP contribution is -2.58. The van der Waals surface area contributed by atoms with E-state index in [0.717, 1.165) is 12.8 Å². The Morgan fingerprint density at radius 1 is 1.29 bits per heavy atom. The van der Waals surface area contributed by atoms with Crippen LogP contribution in [0.3, 0.4) is 0 Å². The van der Waals surface area contributed by atoms with Crippen molar-refractivity contribution in [2.75, 3.05) is 27.2 Å². The predicted octanol–water partition coefficient (Wildman–Crippen LogP) is 0.402. The van der Waals surface area contributed by atoms with Gasteiger partial charge in [-0.2, -0.15) is 0 Å². The number of rotatable bonds is 6. The fourth-order valence-corrected chi connectivity index (χ4v) is 2.92. The fourth-order valence-electron chi connectivity index (χ4n) is 2.92. The van der Waals surface area contributed by atoms with Gasteiger partial charge in [-0.1, -0.05) is 0 Å². The summed E-state index contributed by atoms with van der Waals surface area (Å²) < 4.78 is 5.34. The van der Waals surface area contributed by atoms with Crippen molar-refractivity contribution in [3.05, 3.63) is 0 Å². The number of carbonyl (C=O) groups excluding carboxylic acids is 1. The van der Waals surface area contributed by atoms with Gasteiger partial charge in [-0.3, -0.25) is 0 Å². The van der Waals surface area contributed by atoms with Crippen LogP contribution in [0.25, 0.3) is 0 Å². The number of hydrogen-bond acceptors (Lipinski definition) is 4. The second kappa shape index (κ2) is 6.62. The molecule has 2 amide bonds. The van der Waals surface area contributed by atoms with Crippen molar-refractivity contribution < 1.29 is 19.4 Å². The van der Waals surface area contributed by atoms with Crippen LogP contribution in [0.4, 0.5) is 4.79 Å². The Kier molecular flexibility index (Phi) is 5.05. The van der Waals surface area contributed by atoms with E-state index in [1.807, 2.05) is 14.1 Å². The summed E-state index contributed by atoms with van der Waals surface area (Å²) in [5.41, 5.74) is 0.0929. The minimum absolute atomic E-state index is 0.0929. The Hall–Kier alpha value is -1.34. The van der Waals surface area contributed by atoms with E-state index in [4.69, 9.17) is 9.84 Å². The van der Waals surface area contributed by atoms with Crippen molar-refractivity contribution in [2.24, 2.45) is 0 Å². The quantitative estimate of drug-likeness (QED) is 0.660. The van der Waals surface area contributed by atoms with Crippen molar-refractivity contribution in [3.63, 3.8) is 0 Å². The molecule has 1 heterocycles. The van der Waals surface area contributed by atoms with Crippen molar-refractivity contribution in [3.8, 4) is 0 Å². The second-order valence-corrected chi connectivity index (χ2v) is 6.20. The number of carboxylic acid groups (broad SMARTS) is 1. The van der Waals surface area contributed by atoms with Gasteiger partial charge in [0.2, 0.25) is 0 Å². The number of likely N-dealkylation sites (N-methyl/N-ethyl adjacent to an activating group) is 1. The highest BCUT2D eigenvalue weighted by Crippen LogP contribution is 2.35. The highest BCUT2D eigenvalue weighted by atomic mass is 16.5. The molecule has 1 saturated heterocycles. The molecule has 7 nitrogen and oxygen atoms in total. The molecule has 1 aliphatic heterocycles. The molecule has 2 rings (SSSR count). The largest absolute Gasteiger partial charge is 0.479 e. The number of carboxylic acids is 1. The monoisotopic (exact) mass is 299 g/mol. The first-order valence-electron chi connectivity index (χ1n) is 7.50. The standard InChI is InChI=1S/C14H25N3O4/c1-17(2)14(6-3-7-14)9-16-13(20)15-8-10-4-5-11(21-10)12(18)19/h10-11H,3-9H2,1-2H3,(H,18,19)(H2,15,16,20). The summed E-state index contributed by atoms with van der Waals surface area (Å²) in [4.78, 5) is 24.8. The summed E-state index contributed by atoms with van der Waals surface area (Å²) in [7, 11) is 4.08. The molecule has 0 aromatic carbocycles. The lowest BCUT2D eigenvalue weighted by molar-refractivity contribution is -0.149. The minimum atomic E-state index is -0.931. The highest BCUT2D eigenvalue weighted by molar-refractivity contribution is 5.74.